The molecule has 0 radical (unpaired) electrons. The van der Waals surface area contributed by atoms with Crippen LogP contribution in [0.2, 0.25) is 0 Å². The topological polar surface area (TPSA) is 64.1 Å². The van der Waals surface area contributed by atoms with Crippen molar-refractivity contribution in [2.45, 2.75) is 6.92 Å². The van der Waals surface area contributed by atoms with Crippen molar-refractivity contribution in [3.8, 4) is 0 Å². The zero-order valence-electron chi connectivity index (χ0n) is 7.57. The summed E-state index contributed by atoms with van der Waals surface area (Å²) in [6.45, 7) is 2.67. The smallest absolute Gasteiger partial charge is 0.358 e. The highest BCUT2D eigenvalue weighted by Crippen LogP contribution is 2.02. The van der Waals surface area contributed by atoms with Crippen LogP contribution >= 0.6 is 0 Å². The van der Waals surface area contributed by atoms with Crippen LogP contribution in [0.5, 0.6) is 0 Å². The van der Waals surface area contributed by atoms with Gasteiger partial charge in [0, 0.05) is 6.54 Å². The number of nitrogens with one attached hydrogen (secondary N) is 1. The van der Waals surface area contributed by atoms with Crippen LogP contribution in [0, 0.1) is 0 Å². The molecule has 13 heavy (non-hydrogen) atoms. The Labute approximate surface area is 76.2 Å². The molecular weight excluding hydrogens is 170 g/mol. The molecule has 1 heterocycles. The van der Waals surface area contributed by atoms with Gasteiger partial charge < -0.3 is 10.1 Å². The lowest BCUT2D eigenvalue weighted by atomic mass is 10.4. The summed E-state index contributed by atoms with van der Waals surface area (Å²) in [7, 11) is 1.31. The van der Waals surface area contributed by atoms with E-state index in [9.17, 15) is 4.79 Å². The number of hydrogen-bond acceptors (Lipinski definition) is 5. The quantitative estimate of drug-likeness (QED) is 0.695. The van der Waals surface area contributed by atoms with Crippen molar-refractivity contribution in [1.82, 2.24) is 9.97 Å². The Hall–Kier alpha value is -1.65. The molecule has 0 aliphatic carbocycles. The second-order valence-corrected chi connectivity index (χ2v) is 2.31. The summed E-state index contributed by atoms with van der Waals surface area (Å²) >= 11 is 0. The number of aromatic nitrogens is 2. The highest BCUT2D eigenvalue weighted by atomic mass is 16.5. The maximum Gasteiger partial charge on any atom is 0.358 e. The number of carbonyl (C=O) groups excluding carboxylic acids is 1. The lowest BCUT2D eigenvalue weighted by Crippen LogP contribution is -2.08. The molecule has 5 heteroatoms. The monoisotopic (exact) mass is 181 g/mol. The zero-order valence-corrected chi connectivity index (χ0v) is 7.57. The molecule has 1 aromatic rings. The standard InChI is InChI=1S/C8H11N3O2/c1-3-10-7-5-9-4-6(11-7)8(12)13-2/h4-5H,3H2,1-2H3,(H,10,11). The molecule has 0 saturated heterocycles. The van der Waals surface area contributed by atoms with E-state index in [0.717, 1.165) is 6.54 Å². The average Bonchev–Trinajstić information content (AvgIpc) is 2.18. The van der Waals surface area contributed by atoms with Gasteiger partial charge >= 0.3 is 5.97 Å². The van der Waals surface area contributed by atoms with Crippen LogP contribution in [0.3, 0.4) is 0 Å². The lowest BCUT2D eigenvalue weighted by Gasteiger charge is -2.02. The van der Waals surface area contributed by atoms with Gasteiger partial charge in [0.25, 0.3) is 0 Å². The summed E-state index contributed by atoms with van der Waals surface area (Å²) in [5.74, 6) is 0.0950. The van der Waals surface area contributed by atoms with E-state index in [1.165, 1.54) is 13.3 Å². The number of anilines is 1. The minimum absolute atomic E-state index is 0.209. The van der Waals surface area contributed by atoms with Crippen LogP contribution in [0.4, 0.5) is 5.82 Å². The van der Waals surface area contributed by atoms with E-state index in [2.05, 4.69) is 20.0 Å². The van der Waals surface area contributed by atoms with Gasteiger partial charge in [-0.2, -0.15) is 0 Å². The molecule has 1 rings (SSSR count). The number of rotatable bonds is 3. The van der Waals surface area contributed by atoms with Gasteiger partial charge in [-0.3, -0.25) is 4.98 Å². The van der Waals surface area contributed by atoms with Gasteiger partial charge in [0.1, 0.15) is 5.82 Å². The molecule has 0 spiro atoms. The van der Waals surface area contributed by atoms with Crippen molar-refractivity contribution in [3.05, 3.63) is 18.1 Å². The number of ether oxygens (including phenoxy) is 1. The van der Waals surface area contributed by atoms with E-state index in [-0.39, 0.29) is 5.69 Å². The fourth-order valence-corrected chi connectivity index (χ4v) is 0.835. The van der Waals surface area contributed by atoms with Gasteiger partial charge in [-0.05, 0) is 6.92 Å². The number of carbonyl (C=O) groups is 1. The van der Waals surface area contributed by atoms with E-state index < -0.39 is 5.97 Å². The van der Waals surface area contributed by atoms with E-state index in [1.807, 2.05) is 6.92 Å². The molecule has 0 aliphatic rings. The van der Waals surface area contributed by atoms with Crippen molar-refractivity contribution < 1.29 is 9.53 Å². The number of hydrogen-bond donors (Lipinski definition) is 1. The first-order valence-corrected chi connectivity index (χ1v) is 3.92. The molecule has 0 saturated carbocycles. The highest BCUT2D eigenvalue weighted by Gasteiger charge is 2.07. The van der Waals surface area contributed by atoms with Crippen molar-refractivity contribution >= 4 is 11.8 Å². The number of methoxy groups -OCH3 is 1. The second kappa shape index (κ2) is 4.39. The van der Waals surface area contributed by atoms with Crippen LogP contribution in [0.1, 0.15) is 17.4 Å². The minimum atomic E-state index is -0.479. The number of nitrogens with zero attached hydrogens (tertiary/aromatic N) is 2. The summed E-state index contributed by atoms with van der Waals surface area (Å²) < 4.78 is 4.50. The van der Waals surface area contributed by atoms with Crippen LogP contribution in [-0.2, 0) is 4.74 Å². The number of esters is 1. The molecular formula is C8H11N3O2. The molecule has 0 aromatic carbocycles. The predicted molar refractivity (Wildman–Crippen MR) is 47.5 cm³/mol. The van der Waals surface area contributed by atoms with E-state index in [0.29, 0.717) is 5.82 Å². The maximum absolute atomic E-state index is 11.0. The van der Waals surface area contributed by atoms with Crippen molar-refractivity contribution in [2.75, 3.05) is 19.0 Å². The molecule has 0 bridgehead atoms. The molecule has 0 atom stereocenters. The molecule has 1 N–H and O–H groups in total. The molecule has 0 fully saturated rings. The lowest BCUT2D eigenvalue weighted by molar-refractivity contribution is 0.0593. The van der Waals surface area contributed by atoms with E-state index in [1.54, 1.807) is 6.20 Å². The predicted octanol–water partition coefficient (Wildman–Crippen LogP) is 0.695. The summed E-state index contributed by atoms with van der Waals surface area (Å²) in [4.78, 5) is 18.8. The average molecular weight is 181 g/mol. The first-order valence-electron chi connectivity index (χ1n) is 3.92. The summed E-state index contributed by atoms with van der Waals surface area (Å²) in [5, 5.41) is 2.95. The van der Waals surface area contributed by atoms with Crippen LogP contribution in [0.15, 0.2) is 12.4 Å². The second-order valence-electron chi connectivity index (χ2n) is 2.31. The summed E-state index contributed by atoms with van der Waals surface area (Å²) in [5.41, 5.74) is 0.209. The Morgan fingerprint density at radius 3 is 3.00 bits per heavy atom. The molecule has 0 amide bonds. The van der Waals surface area contributed by atoms with Crippen LogP contribution in [-0.4, -0.2) is 29.6 Å². The third-order valence-corrected chi connectivity index (χ3v) is 1.39. The first-order chi connectivity index (χ1) is 6.27. The summed E-state index contributed by atoms with van der Waals surface area (Å²) in [6.07, 6.45) is 2.92. The maximum atomic E-state index is 11.0. The van der Waals surface area contributed by atoms with Crippen molar-refractivity contribution in [3.63, 3.8) is 0 Å². The molecule has 70 valence electrons. The van der Waals surface area contributed by atoms with Gasteiger partial charge in [-0.15, -0.1) is 0 Å². The Morgan fingerprint density at radius 2 is 2.38 bits per heavy atom. The van der Waals surface area contributed by atoms with Gasteiger partial charge in [-0.25, -0.2) is 9.78 Å². The minimum Gasteiger partial charge on any atom is -0.464 e. The first kappa shape index (κ1) is 9.44. The summed E-state index contributed by atoms with van der Waals surface area (Å²) in [6, 6.07) is 0. The molecule has 0 aliphatic heterocycles. The van der Waals surface area contributed by atoms with Gasteiger partial charge in [-0.1, -0.05) is 0 Å². The van der Waals surface area contributed by atoms with Gasteiger partial charge in [0.2, 0.25) is 0 Å². The van der Waals surface area contributed by atoms with E-state index in [4.69, 9.17) is 0 Å². The Balaban J connectivity index is 2.85. The fourth-order valence-electron chi connectivity index (χ4n) is 0.835. The van der Waals surface area contributed by atoms with E-state index >= 15 is 0 Å². The SMILES string of the molecule is CCNc1cncc(C(=O)OC)n1. The van der Waals surface area contributed by atoms with Gasteiger partial charge in [0.15, 0.2) is 5.69 Å². The van der Waals surface area contributed by atoms with Crippen molar-refractivity contribution in [2.24, 2.45) is 0 Å². The third kappa shape index (κ3) is 2.40. The van der Waals surface area contributed by atoms with Crippen molar-refractivity contribution in [1.29, 1.82) is 0 Å². The zero-order chi connectivity index (χ0) is 9.68. The Morgan fingerprint density at radius 1 is 1.62 bits per heavy atom. The molecule has 5 nitrogen and oxygen atoms in total. The van der Waals surface area contributed by atoms with Crippen LogP contribution < -0.4 is 5.32 Å². The molecule has 0 unspecified atom stereocenters. The third-order valence-electron chi connectivity index (χ3n) is 1.39. The molecule has 1 aromatic heterocycles. The van der Waals surface area contributed by atoms with Crippen LogP contribution in [0.25, 0.3) is 0 Å². The Bertz CT molecular complexity index is 301. The Kier molecular flexibility index (Phi) is 3.19. The highest BCUT2D eigenvalue weighted by molar-refractivity contribution is 5.87. The van der Waals surface area contributed by atoms with Gasteiger partial charge in [0.05, 0.1) is 19.5 Å². The fraction of sp³-hybridized carbons (Fsp3) is 0.375. The largest absolute Gasteiger partial charge is 0.464 e. The normalized spacial score (nSPS) is 9.38.